The van der Waals surface area contributed by atoms with E-state index in [-0.39, 0.29) is 12.0 Å². The lowest BCUT2D eigenvalue weighted by atomic mass is 9.70. The summed E-state index contributed by atoms with van der Waals surface area (Å²) >= 11 is 0. The maximum atomic E-state index is 10.0. The Morgan fingerprint density at radius 2 is 1.79 bits per heavy atom. The van der Waals surface area contributed by atoms with E-state index in [2.05, 4.69) is 69.1 Å². The lowest BCUT2D eigenvalue weighted by Crippen LogP contribution is -2.25. The van der Waals surface area contributed by atoms with E-state index in [1.807, 2.05) is 49.0 Å². The number of nitriles is 1. The molecule has 0 aliphatic heterocycles. The van der Waals surface area contributed by atoms with Crippen LogP contribution in [0.15, 0.2) is 72.7 Å². The highest BCUT2D eigenvalue weighted by molar-refractivity contribution is 5.45. The fraction of sp³-hybridized carbons (Fsp3) is 0.333. The van der Waals surface area contributed by atoms with Crippen molar-refractivity contribution in [2.45, 2.75) is 53.2 Å². The van der Waals surface area contributed by atoms with Gasteiger partial charge in [-0.2, -0.15) is 5.26 Å². The minimum absolute atomic E-state index is 0.0669. The smallest absolute Gasteiger partial charge is 0.124 e. The molecular weight excluding hydrogens is 418 g/mol. The number of allylic oxidation sites excluding steroid dienone is 2. The maximum absolute atomic E-state index is 10.0. The molecule has 0 saturated heterocycles. The lowest BCUT2D eigenvalue weighted by Gasteiger charge is -2.33. The van der Waals surface area contributed by atoms with Gasteiger partial charge in [0, 0.05) is 13.0 Å². The zero-order valence-corrected chi connectivity index (χ0v) is 21.0. The van der Waals surface area contributed by atoms with E-state index >= 15 is 0 Å². The van der Waals surface area contributed by atoms with Crippen molar-refractivity contribution < 1.29 is 4.74 Å². The van der Waals surface area contributed by atoms with Crippen molar-refractivity contribution in [3.63, 3.8) is 0 Å². The number of benzene rings is 2. The average molecular weight is 452 g/mol. The van der Waals surface area contributed by atoms with Crippen LogP contribution in [0.2, 0.25) is 0 Å². The average Bonchev–Trinajstić information content (AvgIpc) is 3.26. The third-order valence-corrected chi connectivity index (χ3v) is 7.37. The Morgan fingerprint density at radius 3 is 2.38 bits per heavy atom. The fourth-order valence-electron chi connectivity index (χ4n) is 4.83. The maximum Gasteiger partial charge on any atom is 0.124 e. The monoisotopic (exact) mass is 451 g/mol. The third-order valence-electron chi connectivity index (χ3n) is 7.37. The van der Waals surface area contributed by atoms with Crippen LogP contribution in [0.3, 0.4) is 0 Å². The van der Waals surface area contributed by atoms with Crippen LogP contribution in [-0.4, -0.2) is 9.55 Å². The van der Waals surface area contributed by atoms with Crippen LogP contribution in [-0.2, 0) is 18.4 Å². The molecule has 0 saturated carbocycles. The Kier molecular flexibility index (Phi) is 6.59. The molecule has 34 heavy (non-hydrogen) atoms. The van der Waals surface area contributed by atoms with Crippen LogP contribution < -0.4 is 0 Å². The van der Waals surface area contributed by atoms with Gasteiger partial charge in [0.05, 0.1) is 36.3 Å². The Hall–Kier alpha value is -3.42. The molecular formula is C30H33N3O. The van der Waals surface area contributed by atoms with Crippen molar-refractivity contribution in [1.82, 2.24) is 9.55 Å². The van der Waals surface area contributed by atoms with Crippen molar-refractivity contribution in [3.8, 4) is 6.07 Å². The zero-order valence-electron chi connectivity index (χ0n) is 21.0. The first kappa shape index (κ1) is 23.7. The topological polar surface area (TPSA) is 50.8 Å². The van der Waals surface area contributed by atoms with Crippen LogP contribution in [0.5, 0.6) is 0 Å². The van der Waals surface area contributed by atoms with Gasteiger partial charge in [-0.15, -0.1) is 0 Å². The number of hydrogen-bond acceptors (Lipinski definition) is 3. The predicted octanol–water partition coefficient (Wildman–Crippen LogP) is 6.72. The third kappa shape index (κ3) is 4.36. The van der Waals surface area contributed by atoms with E-state index in [1.54, 1.807) is 6.33 Å². The zero-order chi connectivity index (χ0) is 24.5. The van der Waals surface area contributed by atoms with Crippen LogP contribution in [0, 0.1) is 44.4 Å². The summed E-state index contributed by atoms with van der Waals surface area (Å²) in [5, 5.41) is 10.0. The van der Waals surface area contributed by atoms with Gasteiger partial charge in [0.1, 0.15) is 6.10 Å². The van der Waals surface area contributed by atoms with Gasteiger partial charge in [-0.05, 0) is 73.6 Å². The molecule has 3 aromatic rings. The highest BCUT2D eigenvalue weighted by Crippen LogP contribution is 2.44. The fourth-order valence-corrected chi connectivity index (χ4v) is 4.83. The second kappa shape index (κ2) is 9.44. The first-order chi connectivity index (χ1) is 16.2. The number of aromatic nitrogens is 2. The molecule has 0 fully saturated rings. The molecule has 1 heterocycles. The number of aryl methyl sites for hydroxylation is 3. The van der Waals surface area contributed by atoms with E-state index in [0.717, 1.165) is 16.8 Å². The highest BCUT2D eigenvalue weighted by Gasteiger charge is 2.36. The summed E-state index contributed by atoms with van der Waals surface area (Å²) in [6.07, 6.45) is 9.67. The van der Waals surface area contributed by atoms with E-state index in [9.17, 15) is 5.26 Å². The van der Waals surface area contributed by atoms with Crippen LogP contribution in [0.25, 0.3) is 0 Å². The SMILES string of the molecule is Cc1cc(C)c(C)c(COC(C2=CC(c3ccccc3)C(C)(C#N)C=C2)c2cncn2C)c1C. The van der Waals surface area contributed by atoms with E-state index in [0.29, 0.717) is 6.61 Å². The van der Waals surface area contributed by atoms with Gasteiger partial charge in [0.25, 0.3) is 0 Å². The Balaban J connectivity index is 1.75. The second-order valence-corrected chi connectivity index (χ2v) is 9.64. The molecule has 0 bridgehead atoms. The van der Waals surface area contributed by atoms with Gasteiger partial charge < -0.3 is 9.30 Å². The van der Waals surface area contributed by atoms with Crippen molar-refractivity contribution in [3.05, 3.63) is 112 Å². The number of nitrogens with zero attached hydrogens (tertiary/aromatic N) is 3. The van der Waals surface area contributed by atoms with Crippen LogP contribution in [0.1, 0.15) is 58.0 Å². The molecule has 1 aromatic heterocycles. The normalized spacial score (nSPS) is 20.6. The summed E-state index contributed by atoms with van der Waals surface area (Å²) < 4.78 is 8.70. The van der Waals surface area contributed by atoms with Crippen LogP contribution >= 0.6 is 0 Å². The molecule has 4 nitrogen and oxygen atoms in total. The molecule has 3 atom stereocenters. The van der Waals surface area contributed by atoms with Crippen molar-refractivity contribution >= 4 is 0 Å². The molecule has 4 heteroatoms. The van der Waals surface area contributed by atoms with E-state index < -0.39 is 5.41 Å². The van der Waals surface area contributed by atoms with Gasteiger partial charge in [-0.1, -0.05) is 54.6 Å². The Labute approximate surface area is 203 Å². The quantitative estimate of drug-likeness (QED) is 0.418. The van der Waals surface area contributed by atoms with Crippen molar-refractivity contribution in [2.75, 3.05) is 0 Å². The summed E-state index contributed by atoms with van der Waals surface area (Å²) in [6.45, 7) is 11.2. The molecule has 0 spiro atoms. The largest absolute Gasteiger partial charge is 0.363 e. The van der Waals surface area contributed by atoms with Gasteiger partial charge >= 0.3 is 0 Å². The Morgan fingerprint density at radius 1 is 1.12 bits per heavy atom. The van der Waals surface area contributed by atoms with E-state index in [4.69, 9.17) is 4.74 Å². The standard InChI is InChI=1S/C30H33N3O/c1-20-14-21(2)23(4)26(22(20)3)17-34-29(28-16-32-19-33(28)6)25-12-13-30(5,18-31)27(15-25)24-10-8-7-9-11-24/h7-16,19,27,29H,17H2,1-6H3. The minimum atomic E-state index is -0.622. The molecule has 1 aliphatic rings. The van der Waals surface area contributed by atoms with Gasteiger partial charge in [0.2, 0.25) is 0 Å². The lowest BCUT2D eigenvalue weighted by molar-refractivity contribution is 0.0602. The summed E-state index contributed by atoms with van der Waals surface area (Å²) in [7, 11) is 1.99. The molecule has 4 rings (SSSR count). The minimum Gasteiger partial charge on any atom is -0.363 e. The molecule has 0 amide bonds. The van der Waals surface area contributed by atoms with E-state index in [1.165, 1.54) is 27.8 Å². The summed E-state index contributed by atoms with van der Waals surface area (Å²) in [5.41, 5.74) is 8.90. The first-order valence-electron chi connectivity index (χ1n) is 11.8. The molecule has 174 valence electrons. The van der Waals surface area contributed by atoms with Crippen molar-refractivity contribution in [1.29, 1.82) is 5.26 Å². The Bertz CT molecular complexity index is 1270. The predicted molar refractivity (Wildman–Crippen MR) is 136 cm³/mol. The van der Waals surface area contributed by atoms with Gasteiger partial charge in [-0.25, -0.2) is 4.98 Å². The summed E-state index contributed by atoms with van der Waals surface area (Å²) in [5.74, 6) is -0.0669. The molecule has 3 unspecified atom stereocenters. The number of rotatable bonds is 6. The van der Waals surface area contributed by atoms with Crippen LogP contribution in [0.4, 0.5) is 0 Å². The molecule has 0 N–H and O–H groups in total. The number of imidazole rings is 1. The highest BCUT2D eigenvalue weighted by atomic mass is 16.5. The summed E-state index contributed by atoms with van der Waals surface area (Å²) in [6, 6.07) is 15.0. The summed E-state index contributed by atoms with van der Waals surface area (Å²) in [4.78, 5) is 4.36. The second-order valence-electron chi connectivity index (χ2n) is 9.64. The van der Waals surface area contributed by atoms with Gasteiger partial charge in [0.15, 0.2) is 0 Å². The number of ether oxygens (including phenoxy) is 1. The van der Waals surface area contributed by atoms with Crippen molar-refractivity contribution in [2.24, 2.45) is 12.5 Å². The first-order valence-corrected chi connectivity index (χ1v) is 11.8. The molecule has 0 radical (unpaired) electrons. The number of hydrogen-bond donors (Lipinski definition) is 0. The molecule has 1 aliphatic carbocycles. The molecule has 2 aromatic carbocycles. The van der Waals surface area contributed by atoms with Gasteiger partial charge in [-0.3, -0.25) is 0 Å².